The van der Waals surface area contributed by atoms with Crippen molar-refractivity contribution in [1.29, 1.82) is 0 Å². The van der Waals surface area contributed by atoms with Crippen molar-refractivity contribution < 1.29 is 4.79 Å². The van der Waals surface area contributed by atoms with E-state index in [0.717, 1.165) is 38.8 Å². The largest absolute Gasteiger partial charge is 0.352 e. The summed E-state index contributed by atoms with van der Waals surface area (Å²) in [6, 6.07) is 0.647. The van der Waals surface area contributed by atoms with Gasteiger partial charge in [-0.3, -0.25) is 4.79 Å². The molecule has 0 aromatic carbocycles. The molecule has 1 amide bonds. The number of hydrogen-bond acceptors (Lipinski definition) is 3. The van der Waals surface area contributed by atoms with E-state index in [0.29, 0.717) is 18.0 Å². The van der Waals surface area contributed by atoms with Gasteiger partial charge >= 0.3 is 0 Å². The standard InChI is InChI=1S/C15H29N3O/c1-3-18-8-4-5-13(10-18)17-15(19)14-7-6-12(16)9-11(14)2/h11-14H,3-10,16H2,1-2H3,(H,17,19). The molecule has 1 aliphatic carbocycles. The Hall–Kier alpha value is -0.610. The summed E-state index contributed by atoms with van der Waals surface area (Å²) in [4.78, 5) is 14.8. The quantitative estimate of drug-likeness (QED) is 0.811. The lowest BCUT2D eigenvalue weighted by molar-refractivity contribution is -0.128. The first-order valence-electron chi connectivity index (χ1n) is 7.88. The monoisotopic (exact) mass is 267 g/mol. The Morgan fingerprint density at radius 1 is 1.37 bits per heavy atom. The molecule has 110 valence electrons. The summed E-state index contributed by atoms with van der Waals surface area (Å²) in [5.74, 6) is 0.869. The molecule has 2 aliphatic rings. The van der Waals surface area contributed by atoms with E-state index in [1.54, 1.807) is 0 Å². The number of carbonyl (C=O) groups is 1. The van der Waals surface area contributed by atoms with E-state index in [1.165, 1.54) is 13.0 Å². The number of carbonyl (C=O) groups excluding carboxylic acids is 1. The summed E-state index contributed by atoms with van der Waals surface area (Å²) in [6.45, 7) is 7.64. The van der Waals surface area contributed by atoms with Crippen LogP contribution in [0.5, 0.6) is 0 Å². The third-order valence-electron chi connectivity index (χ3n) is 4.85. The lowest BCUT2D eigenvalue weighted by Gasteiger charge is -2.35. The molecule has 0 radical (unpaired) electrons. The Kier molecular flexibility index (Phi) is 5.22. The number of nitrogens with one attached hydrogen (secondary N) is 1. The van der Waals surface area contributed by atoms with E-state index in [4.69, 9.17) is 5.73 Å². The lowest BCUT2D eigenvalue weighted by Crippen LogP contribution is -2.50. The Morgan fingerprint density at radius 2 is 2.16 bits per heavy atom. The SMILES string of the molecule is CCN1CCCC(NC(=O)C2CCC(N)CC2C)C1. The number of rotatable bonds is 3. The number of likely N-dealkylation sites (N-methyl/N-ethyl adjacent to an activating group) is 1. The van der Waals surface area contributed by atoms with E-state index < -0.39 is 0 Å². The number of likely N-dealkylation sites (tertiary alicyclic amines) is 1. The highest BCUT2D eigenvalue weighted by atomic mass is 16.2. The molecule has 4 nitrogen and oxygen atoms in total. The van der Waals surface area contributed by atoms with Gasteiger partial charge in [-0.25, -0.2) is 0 Å². The number of amides is 1. The molecule has 3 N–H and O–H groups in total. The molecule has 1 saturated heterocycles. The van der Waals surface area contributed by atoms with Crippen molar-refractivity contribution in [2.24, 2.45) is 17.6 Å². The van der Waals surface area contributed by atoms with Crippen LogP contribution in [0.4, 0.5) is 0 Å². The summed E-state index contributed by atoms with van der Waals surface area (Å²) in [5.41, 5.74) is 5.97. The zero-order valence-electron chi connectivity index (χ0n) is 12.4. The summed E-state index contributed by atoms with van der Waals surface area (Å²) >= 11 is 0. The maximum absolute atomic E-state index is 12.4. The van der Waals surface area contributed by atoms with Crippen LogP contribution in [0.1, 0.15) is 46.0 Å². The van der Waals surface area contributed by atoms with Gasteiger partial charge in [0.1, 0.15) is 0 Å². The van der Waals surface area contributed by atoms with Crippen molar-refractivity contribution in [1.82, 2.24) is 10.2 Å². The molecule has 19 heavy (non-hydrogen) atoms. The van der Waals surface area contributed by atoms with Gasteiger partial charge in [0.05, 0.1) is 0 Å². The van der Waals surface area contributed by atoms with Crippen molar-refractivity contribution in [3.05, 3.63) is 0 Å². The smallest absolute Gasteiger partial charge is 0.223 e. The number of hydrogen-bond donors (Lipinski definition) is 2. The van der Waals surface area contributed by atoms with E-state index >= 15 is 0 Å². The molecular formula is C15H29N3O. The van der Waals surface area contributed by atoms with Gasteiger partial charge in [-0.2, -0.15) is 0 Å². The molecule has 2 fully saturated rings. The molecule has 1 saturated carbocycles. The summed E-state index contributed by atoms with van der Waals surface area (Å²) in [5, 5.41) is 3.28. The molecule has 4 heteroatoms. The van der Waals surface area contributed by atoms with Gasteiger partial charge in [0.25, 0.3) is 0 Å². The van der Waals surface area contributed by atoms with E-state index in [1.807, 2.05) is 0 Å². The average Bonchev–Trinajstić information content (AvgIpc) is 2.38. The van der Waals surface area contributed by atoms with Crippen LogP contribution in [0.15, 0.2) is 0 Å². The normalized spacial score (nSPS) is 37.0. The highest BCUT2D eigenvalue weighted by molar-refractivity contribution is 5.79. The van der Waals surface area contributed by atoms with E-state index in [2.05, 4.69) is 24.1 Å². The molecule has 4 atom stereocenters. The van der Waals surface area contributed by atoms with Gasteiger partial charge in [-0.05, 0) is 51.1 Å². The first kappa shape index (κ1) is 14.8. The first-order valence-corrected chi connectivity index (χ1v) is 7.88. The summed E-state index contributed by atoms with van der Waals surface area (Å²) in [6.07, 6.45) is 5.27. The van der Waals surface area contributed by atoms with Crippen LogP contribution in [0.3, 0.4) is 0 Å². The van der Waals surface area contributed by atoms with Crippen molar-refractivity contribution in [3.63, 3.8) is 0 Å². The Bertz CT molecular complexity index is 308. The second kappa shape index (κ2) is 6.71. The van der Waals surface area contributed by atoms with Crippen LogP contribution in [-0.4, -0.2) is 42.5 Å². The number of piperidine rings is 1. The van der Waals surface area contributed by atoms with Crippen LogP contribution >= 0.6 is 0 Å². The minimum atomic E-state index is 0.178. The fraction of sp³-hybridized carbons (Fsp3) is 0.933. The molecule has 4 unspecified atom stereocenters. The Labute approximate surface area is 117 Å². The average molecular weight is 267 g/mol. The first-order chi connectivity index (χ1) is 9.10. The molecule has 1 aliphatic heterocycles. The molecule has 2 rings (SSSR count). The van der Waals surface area contributed by atoms with Crippen molar-refractivity contribution in [2.45, 2.75) is 58.0 Å². The van der Waals surface area contributed by atoms with Crippen molar-refractivity contribution in [2.75, 3.05) is 19.6 Å². The predicted octanol–water partition coefficient (Wildman–Crippen LogP) is 1.35. The highest BCUT2D eigenvalue weighted by Crippen LogP contribution is 2.29. The van der Waals surface area contributed by atoms with Crippen LogP contribution in [0, 0.1) is 11.8 Å². The van der Waals surface area contributed by atoms with Crippen LogP contribution in [0.25, 0.3) is 0 Å². The fourth-order valence-corrected chi connectivity index (χ4v) is 3.60. The molecule has 0 aromatic heterocycles. The predicted molar refractivity (Wildman–Crippen MR) is 77.8 cm³/mol. The van der Waals surface area contributed by atoms with Gasteiger partial charge in [0, 0.05) is 24.5 Å². The number of nitrogens with zero attached hydrogens (tertiary/aromatic N) is 1. The van der Waals surface area contributed by atoms with Crippen LogP contribution < -0.4 is 11.1 Å². The minimum Gasteiger partial charge on any atom is -0.352 e. The molecule has 1 heterocycles. The van der Waals surface area contributed by atoms with Gasteiger partial charge < -0.3 is 16.0 Å². The van der Waals surface area contributed by atoms with Gasteiger partial charge in [0.15, 0.2) is 0 Å². The Balaban J connectivity index is 1.83. The third kappa shape index (κ3) is 3.93. The van der Waals surface area contributed by atoms with Crippen LogP contribution in [-0.2, 0) is 4.79 Å². The van der Waals surface area contributed by atoms with Gasteiger partial charge in [0.2, 0.25) is 5.91 Å². The van der Waals surface area contributed by atoms with E-state index in [9.17, 15) is 4.79 Å². The van der Waals surface area contributed by atoms with Crippen molar-refractivity contribution in [3.8, 4) is 0 Å². The fourth-order valence-electron chi connectivity index (χ4n) is 3.60. The Morgan fingerprint density at radius 3 is 2.84 bits per heavy atom. The maximum atomic E-state index is 12.4. The van der Waals surface area contributed by atoms with Crippen LogP contribution in [0.2, 0.25) is 0 Å². The maximum Gasteiger partial charge on any atom is 0.223 e. The lowest BCUT2D eigenvalue weighted by atomic mass is 9.77. The third-order valence-corrected chi connectivity index (χ3v) is 4.85. The topological polar surface area (TPSA) is 58.4 Å². The zero-order valence-corrected chi connectivity index (χ0v) is 12.4. The molecule has 0 aromatic rings. The molecule has 0 spiro atoms. The van der Waals surface area contributed by atoms with Gasteiger partial charge in [-0.15, -0.1) is 0 Å². The number of nitrogens with two attached hydrogens (primary N) is 1. The zero-order chi connectivity index (χ0) is 13.8. The summed E-state index contributed by atoms with van der Waals surface area (Å²) in [7, 11) is 0. The van der Waals surface area contributed by atoms with E-state index in [-0.39, 0.29) is 11.8 Å². The highest BCUT2D eigenvalue weighted by Gasteiger charge is 2.32. The second-order valence-corrected chi connectivity index (χ2v) is 6.40. The van der Waals surface area contributed by atoms with Gasteiger partial charge in [-0.1, -0.05) is 13.8 Å². The molecule has 0 bridgehead atoms. The summed E-state index contributed by atoms with van der Waals surface area (Å²) < 4.78 is 0. The van der Waals surface area contributed by atoms with Crippen molar-refractivity contribution >= 4 is 5.91 Å². The molecular weight excluding hydrogens is 238 g/mol. The second-order valence-electron chi connectivity index (χ2n) is 6.40. The minimum absolute atomic E-state index is 0.178.